The number of aromatic amines is 1. The number of aromatic nitrogens is 3. The standard InChI is InChI=1S/C25H29F3N4O2/c1-15(2)20(24(33)32-14-25(26,27)28)8-16-7-17(11-29-10-16)22-13-31-23-21(22)9-19(12-30-23)34-18-5-3-4-6-18/h7,9-13,15,18,20H,3-6,8,14H2,1-2H3,(H,30,31)(H,32,33). The van der Waals surface area contributed by atoms with Crippen molar-refractivity contribution in [1.29, 1.82) is 0 Å². The van der Waals surface area contributed by atoms with Crippen LogP contribution in [0.1, 0.15) is 45.1 Å². The van der Waals surface area contributed by atoms with Crippen molar-refractivity contribution in [2.45, 2.75) is 58.2 Å². The molecule has 1 aliphatic carbocycles. The van der Waals surface area contributed by atoms with Crippen LogP contribution in [0.3, 0.4) is 0 Å². The molecule has 6 nitrogen and oxygen atoms in total. The molecule has 0 radical (unpaired) electrons. The number of fused-ring (bicyclic) bond motifs is 1. The van der Waals surface area contributed by atoms with Crippen LogP contribution in [0.15, 0.2) is 36.9 Å². The largest absolute Gasteiger partial charge is 0.489 e. The third-order valence-electron chi connectivity index (χ3n) is 6.28. The van der Waals surface area contributed by atoms with Gasteiger partial charge < -0.3 is 15.0 Å². The van der Waals surface area contributed by atoms with Crippen molar-refractivity contribution in [1.82, 2.24) is 20.3 Å². The molecule has 1 amide bonds. The van der Waals surface area contributed by atoms with Crippen molar-refractivity contribution in [2.75, 3.05) is 6.54 Å². The molecular weight excluding hydrogens is 445 g/mol. The summed E-state index contributed by atoms with van der Waals surface area (Å²) >= 11 is 0. The van der Waals surface area contributed by atoms with Gasteiger partial charge >= 0.3 is 6.18 Å². The van der Waals surface area contributed by atoms with E-state index < -0.39 is 24.5 Å². The lowest BCUT2D eigenvalue weighted by Crippen LogP contribution is -2.40. The first kappa shape index (κ1) is 24.0. The van der Waals surface area contributed by atoms with Crippen molar-refractivity contribution in [3.63, 3.8) is 0 Å². The van der Waals surface area contributed by atoms with Gasteiger partial charge in [0.25, 0.3) is 0 Å². The first-order valence-corrected chi connectivity index (χ1v) is 11.6. The van der Waals surface area contributed by atoms with E-state index in [4.69, 9.17) is 4.74 Å². The molecular formula is C25H29F3N4O2. The quantitative estimate of drug-likeness (QED) is 0.456. The summed E-state index contributed by atoms with van der Waals surface area (Å²) in [5.74, 6) is -0.617. The Kier molecular flexibility index (Phi) is 7.09. The van der Waals surface area contributed by atoms with Crippen LogP contribution >= 0.6 is 0 Å². The third kappa shape index (κ3) is 5.87. The summed E-state index contributed by atoms with van der Waals surface area (Å²) in [5, 5.41) is 2.92. The Morgan fingerprint density at radius 3 is 2.68 bits per heavy atom. The van der Waals surface area contributed by atoms with Gasteiger partial charge in [0.05, 0.1) is 12.3 Å². The monoisotopic (exact) mass is 474 g/mol. The minimum atomic E-state index is -4.44. The number of hydrogen-bond acceptors (Lipinski definition) is 4. The molecule has 0 aromatic carbocycles. The number of rotatable bonds is 8. The van der Waals surface area contributed by atoms with Crippen molar-refractivity contribution < 1.29 is 22.7 Å². The van der Waals surface area contributed by atoms with Crippen molar-refractivity contribution in [2.24, 2.45) is 11.8 Å². The Morgan fingerprint density at radius 1 is 1.21 bits per heavy atom. The molecule has 1 atom stereocenters. The lowest BCUT2D eigenvalue weighted by molar-refractivity contribution is -0.141. The second-order valence-corrected chi connectivity index (χ2v) is 9.26. The Labute approximate surface area is 196 Å². The zero-order valence-electron chi connectivity index (χ0n) is 19.3. The highest BCUT2D eigenvalue weighted by molar-refractivity contribution is 5.94. The van der Waals surface area contributed by atoms with E-state index in [0.29, 0.717) is 6.42 Å². The second kappa shape index (κ2) is 10.0. The number of nitrogens with one attached hydrogen (secondary N) is 2. The summed E-state index contributed by atoms with van der Waals surface area (Å²) in [7, 11) is 0. The van der Waals surface area contributed by atoms with Gasteiger partial charge in [-0.05, 0) is 55.7 Å². The molecule has 0 spiro atoms. The number of carbonyl (C=O) groups excluding carboxylic acids is 1. The normalized spacial score (nSPS) is 15.7. The minimum absolute atomic E-state index is 0.135. The van der Waals surface area contributed by atoms with E-state index in [1.807, 2.05) is 37.5 Å². The van der Waals surface area contributed by atoms with E-state index in [-0.39, 0.29) is 12.0 Å². The molecule has 1 fully saturated rings. The molecule has 34 heavy (non-hydrogen) atoms. The summed E-state index contributed by atoms with van der Waals surface area (Å²) in [4.78, 5) is 24.4. The van der Waals surface area contributed by atoms with E-state index in [1.54, 1.807) is 18.6 Å². The summed E-state index contributed by atoms with van der Waals surface area (Å²) in [5.41, 5.74) is 3.24. The van der Waals surface area contributed by atoms with E-state index in [2.05, 4.69) is 15.0 Å². The number of halogens is 3. The Hall–Kier alpha value is -3.10. The molecule has 3 aromatic heterocycles. The van der Waals surface area contributed by atoms with Gasteiger partial charge in [0, 0.05) is 41.0 Å². The van der Waals surface area contributed by atoms with Gasteiger partial charge in [0.15, 0.2) is 0 Å². The molecule has 0 aliphatic heterocycles. The van der Waals surface area contributed by atoms with Crippen molar-refractivity contribution in [3.8, 4) is 16.9 Å². The van der Waals surface area contributed by atoms with Crippen LogP contribution in [-0.2, 0) is 11.2 Å². The maximum Gasteiger partial charge on any atom is 0.405 e. The Balaban J connectivity index is 1.54. The lowest BCUT2D eigenvalue weighted by Gasteiger charge is -2.21. The second-order valence-electron chi connectivity index (χ2n) is 9.26. The lowest BCUT2D eigenvalue weighted by atomic mass is 9.88. The van der Waals surface area contributed by atoms with Crippen LogP contribution in [-0.4, -0.2) is 39.7 Å². The van der Waals surface area contributed by atoms with Gasteiger partial charge in [-0.3, -0.25) is 9.78 Å². The molecule has 3 aromatic rings. The van der Waals surface area contributed by atoms with Gasteiger partial charge in [-0.15, -0.1) is 0 Å². The zero-order valence-corrected chi connectivity index (χ0v) is 19.3. The topological polar surface area (TPSA) is 79.9 Å². The highest BCUT2D eigenvalue weighted by Crippen LogP contribution is 2.32. The molecule has 182 valence electrons. The van der Waals surface area contributed by atoms with Gasteiger partial charge in [-0.2, -0.15) is 13.2 Å². The van der Waals surface area contributed by atoms with E-state index in [0.717, 1.165) is 46.3 Å². The number of carbonyl (C=O) groups is 1. The first-order chi connectivity index (χ1) is 16.2. The van der Waals surface area contributed by atoms with Gasteiger partial charge in [0.1, 0.15) is 17.9 Å². The SMILES string of the molecule is CC(C)C(Cc1cncc(-c2c[nH]c3ncc(OC4CCCC4)cc23)c1)C(=O)NCC(F)(F)F. The van der Waals surface area contributed by atoms with Crippen LogP contribution in [0.5, 0.6) is 5.75 Å². The fourth-order valence-corrected chi connectivity index (χ4v) is 4.44. The summed E-state index contributed by atoms with van der Waals surface area (Å²) in [6.07, 6.45) is 7.50. The number of hydrogen-bond donors (Lipinski definition) is 2. The summed E-state index contributed by atoms with van der Waals surface area (Å²) in [6.45, 7) is 2.32. The smallest absolute Gasteiger partial charge is 0.405 e. The Morgan fingerprint density at radius 2 is 1.97 bits per heavy atom. The summed E-state index contributed by atoms with van der Waals surface area (Å²) < 4.78 is 43.7. The average molecular weight is 475 g/mol. The van der Waals surface area contributed by atoms with E-state index in [1.165, 1.54) is 12.8 Å². The minimum Gasteiger partial charge on any atom is -0.489 e. The number of alkyl halides is 3. The predicted molar refractivity (Wildman–Crippen MR) is 123 cm³/mol. The van der Waals surface area contributed by atoms with Crippen molar-refractivity contribution in [3.05, 3.63) is 42.5 Å². The number of amides is 1. The highest BCUT2D eigenvalue weighted by Gasteiger charge is 2.30. The summed E-state index contributed by atoms with van der Waals surface area (Å²) in [6, 6.07) is 3.90. The third-order valence-corrected chi connectivity index (χ3v) is 6.28. The van der Waals surface area contributed by atoms with E-state index >= 15 is 0 Å². The zero-order chi connectivity index (χ0) is 24.3. The molecule has 0 saturated heterocycles. The maximum atomic E-state index is 12.5. The number of pyridine rings is 2. The van der Waals surface area contributed by atoms with Crippen LogP contribution in [0, 0.1) is 11.8 Å². The van der Waals surface area contributed by atoms with Gasteiger partial charge in [0.2, 0.25) is 5.91 Å². The predicted octanol–water partition coefficient (Wildman–Crippen LogP) is 5.44. The molecule has 4 rings (SSSR count). The fourth-order valence-electron chi connectivity index (χ4n) is 4.44. The number of ether oxygens (including phenoxy) is 1. The average Bonchev–Trinajstić information content (AvgIpc) is 3.45. The first-order valence-electron chi connectivity index (χ1n) is 11.6. The molecule has 3 heterocycles. The van der Waals surface area contributed by atoms with Crippen LogP contribution < -0.4 is 10.1 Å². The Bertz CT molecular complexity index is 1140. The number of H-pyrrole nitrogens is 1. The maximum absolute atomic E-state index is 12.5. The van der Waals surface area contributed by atoms with Crippen molar-refractivity contribution >= 4 is 16.9 Å². The van der Waals surface area contributed by atoms with Crippen LogP contribution in [0.25, 0.3) is 22.2 Å². The fraction of sp³-hybridized carbons (Fsp3) is 0.480. The highest BCUT2D eigenvalue weighted by atomic mass is 19.4. The molecule has 1 saturated carbocycles. The molecule has 9 heteroatoms. The number of nitrogens with zero attached hydrogens (tertiary/aromatic N) is 2. The van der Waals surface area contributed by atoms with Crippen LogP contribution in [0.4, 0.5) is 13.2 Å². The molecule has 1 unspecified atom stereocenters. The molecule has 2 N–H and O–H groups in total. The van der Waals surface area contributed by atoms with E-state index in [9.17, 15) is 18.0 Å². The molecule has 0 bridgehead atoms. The van der Waals surface area contributed by atoms with Crippen LogP contribution in [0.2, 0.25) is 0 Å². The van der Waals surface area contributed by atoms with Gasteiger partial charge in [-0.25, -0.2) is 4.98 Å². The van der Waals surface area contributed by atoms with Gasteiger partial charge in [-0.1, -0.05) is 13.8 Å². The molecule has 1 aliphatic rings.